The predicted octanol–water partition coefficient (Wildman–Crippen LogP) is 5.14. The lowest BCUT2D eigenvalue weighted by Gasteiger charge is -2.16. The molecule has 0 atom stereocenters. The van der Waals surface area contributed by atoms with Crippen molar-refractivity contribution < 1.29 is 14.1 Å². The molecule has 32 heavy (non-hydrogen) atoms. The SMILES string of the molecule is O=C(N/N=C/c1ccc(-c2cccc([N+](=O)[O-])c2)o1)C(c1ccccc1)c1ccccc1. The lowest BCUT2D eigenvalue weighted by molar-refractivity contribution is -0.384. The fourth-order valence-corrected chi connectivity index (χ4v) is 3.36. The standard InChI is InChI=1S/C25H19N3O4/c29-25(24(18-8-3-1-4-9-18)19-10-5-2-6-11-19)27-26-17-22-14-15-23(32-22)20-12-7-13-21(16-20)28(30)31/h1-17,24H,(H,27,29)/b26-17+. The second kappa shape index (κ2) is 9.53. The van der Waals surface area contributed by atoms with E-state index in [0.717, 1.165) is 11.1 Å². The van der Waals surface area contributed by atoms with Crippen molar-refractivity contribution in [3.63, 3.8) is 0 Å². The number of nitrogens with zero attached hydrogens (tertiary/aromatic N) is 2. The van der Waals surface area contributed by atoms with Crippen molar-refractivity contribution in [3.05, 3.63) is 124 Å². The average molecular weight is 425 g/mol. The van der Waals surface area contributed by atoms with Gasteiger partial charge >= 0.3 is 0 Å². The summed E-state index contributed by atoms with van der Waals surface area (Å²) in [6.45, 7) is 0. The lowest BCUT2D eigenvalue weighted by atomic mass is 9.91. The molecule has 0 aliphatic heterocycles. The zero-order valence-corrected chi connectivity index (χ0v) is 16.9. The molecule has 4 aromatic rings. The van der Waals surface area contributed by atoms with Crippen LogP contribution in [0.15, 0.2) is 107 Å². The highest BCUT2D eigenvalue weighted by Crippen LogP contribution is 2.26. The minimum Gasteiger partial charge on any atom is -0.455 e. The number of carbonyl (C=O) groups is 1. The molecular formula is C25H19N3O4. The highest BCUT2D eigenvalue weighted by molar-refractivity contribution is 5.88. The Hall–Kier alpha value is -4.52. The van der Waals surface area contributed by atoms with Crippen LogP contribution in [-0.4, -0.2) is 17.0 Å². The third-order valence-electron chi connectivity index (χ3n) is 4.86. The van der Waals surface area contributed by atoms with Gasteiger partial charge in [0.15, 0.2) is 0 Å². The van der Waals surface area contributed by atoms with Crippen molar-refractivity contribution >= 4 is 17.8 Å². The first kappa shape index (κ1) is 20.7. The van der Waals surface area contributed by atoms with E-state index in [9.17, 15) is 14.9 Å². The lowest BCUT2D eigenvalue weighted by Crippen LogP contribution is -2.26. The second-order valence-corrected chi connectivity index (χ2v) is 7.00. The molecule has 0 bridgehead atoms. The number of nitro groups is 1. The smallest absolute Gasteiger partial charge is 0.270 e. The quantitative estimate of drug-likeness (QED) is 0.252. The number of rotatable bonds is 7. The summed E-state index contributed by atoms with van der Waals surface area (Å²) in [5, 5.41) is 15.0. The summed E-state index contributed by atoms with van der Waals surface area (Å²) in [4.78, 5) is 23.5. The summed E-state index contributed by atoms with van der Waals surface area (Å²) in [5.41, 5.74) is 4.86. The normalized spacial score (nSPS) is 11.0. The summed E-state index contributed by atoms with van der Waals surface area (Å²) >= 11 is 0. The van der Waals surface area contributed by atoms with Gasteiger partial charge in [0, 0.05) is 17.7 Å². The Kier molecular flexibility index (Phi) is 6.17. The van der Waals surface area contributed by atoms with E-state index in [0.29, 0.717) is 17.1 Å². The van der Waals surface area contributed by atoms with E-state index in [2.05, 4.69) is 10.5 Å². The molecule has 0 aliphatic rings. The zero-order valence-electron chi connectivity index (χ0n) is 16.9. The molecule has 7 nitrogen and oxygen atoms in total. The van der Waals surface area contributed by atoms with E-state index in [4.69, 9.17) is 4.42 Å². The van der Waals surface area contributed by atoms with Crippen molar-refractivity contribution in [1.29, 1.82) is 0 Å². The topological polar surface area (TPSA) is 97.7 Å². The molecule has 0 saturated carbocycles. The van der Waals surface area contributed by atoms with Gasteiger partial charge in [0.1, 0.15) is 11.5 Å². The maximum Gasteiger partial charge on any atom is 0.270 e. The molecule has 3 aromatic carbocycles. The van der Waals surface area contributed by atoms with Crippen molar-refractivity contribution in [2.75, 3.05) is 0 Å². The maximum atomic E-state index is 12.9. The van der Waals surface area contributed by atoms with Crippen LogP contribution in [0, 0.1) is 10.1 Å². The van der Waals surface area contributed by atoms with Crippen LogP contribution in [-0.2, 0) is 4.79 Å². The molecule has 0 fully saturated rings. The molecule has 0 saturated heterocycles. The van der Waals surface area contributed by atoms with Crippen LogP contribution in [0.25, 0.3) is 11.3 Å². The number of non-ortho nitro benzene ring substituents is 1. The van der Waals surface area contributed by atoms with Gasteiger partial charge in [-0.3, -0.25) is 14.9 Å². The average Bonchev–Trinajstić information content (AvgIpc) is 3.30. The number of hydrogen-bond acceptors (Lipinski definition) is 5. The first-order valence-electron chi connectivity index (χ1n) is 9.89. The molecule has 1 N–H and O–H groups in total. The van der Waals surface area contributed by atoms with Crippen LogP contribution in [0.2, 0.25) is 0 Å². The number of furan rings is 1. The molecule has 1 amide bonds. The van der Waals surface area contributed by atoms with E-state index in [1.807, 2.05) is 60.7 Å². The van der Waals surface area contributed by atoms with E-state index >= 15 is 0 Å². The third kappa shape index (κ3) is 4.79. The van der Waals surface area contributed by atoms with Gasteiger partial charge in [-0.15, -0.1) is 0 Å². The molecule has 0 unspecified atom stereocenters. The molecule has 1 aromatic heterocycles. The van der Waals surface area contributed by atoms with E-state index in [-0.39, 0.29) is 11.6 Å². The van der Waals surface area contributed by atoms with Crippen LogP contribution in [0.5, 0.6) is 0 Å². The second-order valence-electron chi connectivity index (χ2n) is 7.00. The molecule has 0 spiro atoms. The van der Waals surface area contributed by atoms with Crippen molar-refractivity contribution in [3.8, 4) is 11.3 Å². The minimum absolute atomic E-state index is 0.0192. The number of amides is 1. The van der Waals surface area contributed by atoms with Gasteiger partial charge in [0.05, 0.1) is 17.1 Å². The first-order valence-corrected chi connectivity index (χ1v) is 9.89. The molecule has 158 valence electrons. The maximum absolute atomic E-state index is 12.9. The predicted molar refractivity (Wildman–Crippen MR) is 121 cm³/mol. The number of carbonyl (C=O) groups excluding carboxylic acids is 1. The fourth-order valence-electron chi connectivity index (χ4n) is 3.36. The van der Waals surface area contributed by atoms with Crippen molar-refractivity contribution in [2.24, 2.45) is 5.10 Å². The Morgan fingerprint density at radius 2 is 1.56 bits per heavy atom. The van der Waals surface area contributed by atoms with E-state index < -0.39 is 10.8 Å². The summed E-state index contributed by atoms with van der Waals surface area (Å²) in [6.07, 6.45) is 1.39. The van der Waals surface area contributed by atoms with Crippen LogP contribution < -0.4 is 5.43 Å². The molecule has 7 heteroatoms. The van der Waals surface area contributed by atoms with Crippen LogP contribution in [0.3, 0.4) is 0 Å². The van der Waals surface area contributed by atoms with Gasteiger partial charge in [-0.2, -0.15) is 5.10 Å². The third-order valence-corrected chi connectivity index (χ3v) is 4.86. The van der Waals surface area contributed by atoms with Gasteiger partial charge in [-0.05, 0) is 23.3 Å². The minimum atomic E-state index is -0.508. The number of benzene rings is 3. The summed E-state index contributed by atoms with van der Waals surface area (Å²) < 4.78 is 5.69. The van der Waals surface area contributed by atoms with Gasteiger partial charge in [-0.1, -0.05) is 72.8 Å². The Morgan fingerprint density at radius 3 is 2.19 bits per heavy atom. The van der Waals surface area contributed by atoms with Gasteiger partial charge < -0.3 is 4.42 Å². The number of hydrogen-bond donors (Lipinski definition) is 1. The molecule has 0 radical (unpaired) electrons. The summed E-state index contributed by atoms with van der Waals surface area (Å²) in [5.74, 6) is 0.0893. The highest BCUT2D eigenvalue weighted by Gasteiger charge is 2.22. The van der Waals surface area contributed by atoms with Crippen LogP contribution in [0.4, 0.5) is 5.69 Å². The first-order chi connectivity index (χ1) is 15.6. The monoisotopic (exact) mass is 425 g/mol. The molecule has 4 rings (SSSR count). The van der Waals surface area contributed by atoms with Crippen molar-refractivity contribution in [2.45, 2.75) is 5.92 Å². The summed E-state index contributed by atoms with van der Waals surface area (Å²) in [6, 6.07) is 28.5. The van der Waals surface area contributed by atoms with Crippen molar-refractivity contribution in [1.82, 2.24) is 5.43 Å². The highest BCUT2D eigenvalue weighted by atomic mass is 16.6. The number of hydrazone groups is 1. The molecule has 1 heterocycles. The largest absolute Gasteiger partial charge is 0.455 e. The van der Waals surface area contributed by atoms with Gasteiger partial charge in [0.25, 0.3) is 11.6 Å². The Balaban J connectivity index is 1.49. The molecule has 0 aliphatic carbocycles. The Labute approximate surface area is 184 Å². The fraction of sp³-hybridized carbons (Fsp3) is 0.0400. The Bertz CT molecular complexity index is 1210. The molecular weight excluding hydrogens is 406 g/mol. The van der Waals surface area contributed by atoms with Gasteiger partial charge in [0.2, 0.25) is 0 Å². The number of nitro benzene ring substituents is 1. The Morgan fingerprint density at radius 1 is 0.906 bits per heavy atom. The zero-order chi connectivity index (χ0) is 22.3. The van der Waals surface area contributed by atoms with Gasteiger partial charge in [-0.25, -0.2) is 5.43 Å². The van der Waals surface area contributed by atoms with E-state index in [1.165, 1.54) is 18.3 Å². The van der Waals surface area contributed by atoms with E-state index in [1.54, 1.807) is 24.3 Å². The number of nitrogens with one attached hydrogen (secondary N) is 1. The van der Waals surface area contributed by atoms with Crippen LogP contribution >= 0.6 is 0 Å². The summed E-state index contributed by atoms with van der Waals surface area (Å²) in [7, 11) is 0. The van der Waals surface area contributed by atoms with Crippen LogP contribution in [0.1, 0.15) is 22.8 Å².